The lowest BCUT2D eigenvalue weighted by Crippen LogP contribution is -2.33. The second-order valence-electron chi connectivity index (χ2n) is 5.49. The molecule has 0 atom stereocenters. The lowest BCUT2D eigenvalue weighted by Gasteiger charge is -2.20. The first-order chi connectivity index (χ1) is 12.2. The Kier molecular flexibility index (Phi) is 4.95. The van der Waals surface area contributed by atoms with Gasteiger partial charge in [-0.2, -0.15) is 5.26 Å². The third-order valence-corrected chi connectivity index (χ3v) is 3.80. The quantitative estimate of drug-likeness (QED) is 0.648. The van der Waals surface area contributed by atoms with Crippen LogP contribution in [0.25, 0.3) is 5.65 Å². The number of hydrogen-bond acceptors (Lipinski definition) is 5. The van der Waals surface area contributed by atoms with E-state index >= 15 is 0 Å². The van der Waals surface area contributed by atoms with Crippen LogP contribution >= 0.6 is 0 Å². The largest absolute Gasteiger partial charge is 0.467 e. The molecule has 25 heavy (non-hydrogen) atoms. The molecule has 0 radical (unpaired) electrons. The van der Waals surface area contributed by atoms with Crippen molar-refractivity contribution in [2.75, 3.05) is 6.54 Å². The molecule has 0 aromatic carbocycles. The molecular formula is C17H17N5O3. The lowest BCUT2D eigenvalue weighted by atomic mass is 10.3. The second-order valence-corrected chi connectivity index (χ2v) is 5.49. The molecule has 0 saturated carbocycles. The predicted octanol–water partition coefficient (Wildman–Crippen LogP) is 1.42. The molecule has 0 bridgehead atoms. The van der Waals surface area contributed by atoms with E-state index in [-0.39, 0.29) is 31.0 Å². The molecule has 3 aromatic heterocycles. The zero-order chi connectivity index (χ0) is 17.6. The number of aromatic nitrogens is 3. The minimum atomic E-state index is -0.280. The number of carbonyl (C=O) groups excluding carboxylic acids is 1. The van der Waals surface area contributed by atoms with Crippen molar-refractivity contribution in [1.82, 2.24) is 19.1 Å². The number of pyridine rings is 1. The van der Waals surface area contributed by atoms with Gasteiger partial charge in [-0.15, -0.1) is 5.10 Å². The van der Waals surface area contributed by atoms with Crippen LogP contribution in [0.3, 0.4) is 0 Å². The smallest absolute Gasteiger partial charge is 0.350 e. The number of furan rings is 1. The Morgan fingerprint density at radius 1 is 1.32 bits per heavy atom. The summed E-state index contributed by atoms with van der Waals surface area (Å²) in [5.74, 6) is 0.492. The molecule has 3 heterocycles. The van der Waals surface area contributed by atoms with Gasteiger partial charge in [0.2, 0.25) is 5.91 Å². The highest BCUT2D eigenvalue weighted by atomic mass is 16.3. The van der Waals surface area contributed by atoms with Gasteiger partial charge in [-0.3, -0.25) is 9.20 Å². The van der Waals surface area contributed by atoms with Crippen molar-refractivity contribution in [2.24, 2.45) is 0 Å². The summed E-state index contributed by atoms with van der Waals surface area (Å²) in [7, 11) is 0. The Labute approximate surface area is 143 Å². The average molecular weight is 339 g/mol. The standard InChI is InChI=1S/C17H17N5O3/c18-8-4-9-20(13-14-5-3-12-25-14)16(23)7-11-22-17(24)21-10-2-1-6-15(21)19-22/h1-3,5-6,10,12H,4,7,9,11,13H2. The van der Waals surface area contributed by atoms with Gasteiger partial charge in [0.15, 0.2) is 5.65 Å². The Bertz CT molecular complexity index is 949. The SMILES string of the molecule is N#CCCN(Cc1ccco1)C(=O)CCn1nc2ccccn2c1=O. The van der Waals surface area contributed by atoms with Gasteiger partial charge in [0.1, 0.15) is 5.76 Å². The number of nitrogens with zero attached hydrogens (tertiary/aromatic N) is 5. The lowest BCUT2D eigenvalue weighted by molar-refractivity contribution is -0.132. The number of hydrogen-bond donors (Lipinski definition) is 0. The molecule has 3 rings (SSSR count). The first-order valence-electron chi connectivity index (χ1n) is 7.90. The van der Waals surface area contributed by atoms with Crippen LogP contribution in [0.15, 0.2) is 52.0 Å². The molecule has 0 spiro atoms. The summed E-state index contributed by atoms with van der Waals surface area (Å²) < 4.78 is 7.98. The van der Waals surface area contributed by atoms with Gasteiger partial charge < -0.3 is 9.32 Å². The number of aryl methyl sites for hydroxylation is 1. The summed E-state index contributed by atoms with van der Waals surface area (Å²) in [6.45, 7) is 0.796. The van der Waals surface area contributed by atoms with Crippen LogP contribution in [0.1, 0.15) is 18.6 Å². The van der Waals surface area contributed by atoms with Crippen LogP contribution < -0.4 is 5.69 Å². The van der Waals surface area contributed by atoms with Crippen LogP contribution in [-0.4, -0.2) is 31.5 Å². The van der Waals surface area contributed by atoms with E-state index < -0.39 is 0 Å². The number of amides is 1. The zero-order valence-electron chi connectivity index (χ0n) is 13.5. The van der Waals surface area contributed by atoms with Crippen molar-refractivity contribution < 1.29 is 9.21 Å². The van der Waals surface area contributed by atoms with Crippen LogP contribution in [0.5, 0.6) is 0 Å². The molecule has 3 aromatic rings. The highest BCUT2D eigenvalue weighted by Crippen LogP contribution is 2.08. The number of fused-ring (bicyclic) bond motifs is 1. The molecule has 0 unspecified atom stereocenters. The van der Waals surface area contributed by atoms with Crippen molar-refractivity contribution in [3.05, 3.63) is 59.0 Å². The zero-order valence-corrected chi connectivity index (χ0v) is 13.5. The van der Waals surface area contributed by atoms with E-state index in [2.05, 4.69) is 5.10 Å². The maximum Gasteiger partial charge on any atom is 0.350 e. The van der Waals surface area contributed by atoms with Gasteiger partial charge >= 0.3 is 5.69 Å². The highest BCUT2D eigenvalue weighted by molar-refractivity contribution is 5.76. The van der Waals surface area contributed by atoms with E-state index in [9.17, 15) is 9.59 Å². The summed E-state index contributed by atoms with van der Waals surface area (Å²) in [5, 5.41) is 13.0. The fourth-order valence-corrected chi connectivity index (χ4v) is 2.54. The summed E-state index contributed by atoms with van der Waals surface area (Å²) in [4.78, 5) is 26.3. The molecule has 8 nitrogen and oxygen atoms in total. The molecule has 8 heteroatoms. The molecular weight excluding hydrogens is 322 g/mol. The Hall–Kier alpha value is -3.34. The van der Waals surface area contributed by atoms with Crippen LogP contribution in [0.4, 0.5) is 0 Å². The molecule has 0 saturated heterocycles. The topological polar surface area (TPSA) is 96.5 Å². The number of nitriles is 1. The van der Waals surface area contributed by atoms with Crippen LogP contribution in [0.2, 0.25) is 0 Å². The van der Waals surface area contributed by atoms with Crippen LogP contribution in [0, 0.1) is 11.3 Å². The fourth-order valence-electron chi connectivity index (χ4n) is 2.54. The van der Waals surface area contributed by atoms with E-state index in [1.807, 2.05) is 6.07 Å². The van der Waals surface area contributed by atoms with Crippen molar-refractivity contribution in [3.63, 3.8) is 0 Å². The van der Waals surface area contributed by atoms with Crippen molar-refractivity contribution in [1.29, 1.82) is 5.26 Å². The minimum Gasteiger partial charge on any atom is -0.467 e. The molecule has 1 amide bonds. The molecule has 0 aliphatic rings. The minimum absolute atomic E-state index is 0.121. The second kappa shape index (κ2) is 7.49. The normalized spacial score (nSPS) is 10.7. The first kappa shape index (κ1) is 16.5. The number of rotatable bonds is 7. The summed E-state index contributed by atoms with van der Waals surface area (Å²) in [5.41, 5.74) is 0.259. The van der Waals surface area contributed by atoms with Gasteiger partial charge in [0, 0.05) is 19.2 Å². The van der Waals surface area contributed by atoms with Crippen molar-refractivity contribution in [3.8, 4) is 6.07 Å². The average Bonchev–Trinajstić information content (AvgIpc) is 3.25. The summed E-state index contributed by atoms with van der Waals surface area (Å²) in [6.07, 6.45) is 3.54. The van der Waals surface area contributed by atoms with Gasteiger partial charge in [0.25, 0.3) is 0 Å². The fraction of sp³-hybridized carbons (Fsp3) is 0.294. The van der Waals surface area contributed by atoms with Gasteiger partial charge in [-0.25, -0.2) is 9.48 Å². The first-order valence-corrected chi connectivity index (χ1v) is 7.90. The monoisotopic (exact) mass is 339 g/mol. The third-order valence-electron chi connectivity index (χ3n) is 3.80. The van der Waals surface area contributed by atoms with E-state index in [1.165, 1.54) is 9.08 Å². The molecule has 0 aliphatic heterocycles. The van der Waals surface area contributed by atoms with Gasteiger partial charge in [-0.1, -0.05) is 6.07 Å². The van der Waals surface area contributed by atoms with Crippen molar-refractivity contribution in [2.45, 2.75) is 25.9 Å². The molecule has 0 N–H and O–H groups in total. The van der Waals surface area contributed by atoms with Crippen molar-refractivity contribution >= 4 is 11.6 Å². The van der Waals surface area contributed by atoms with E-state index in [1.54, 1.807) is 47.7 Å². The summed E-state index contributed by atoms with van der Waals surface area (Å²) in [6, 6.07) is 10.8. The van der Waals surface area contributed by atoms with E-state index in [0.717, 1.165) is 0 Å². The third kappa shape index (κ3) is 3.77. The molecule has 128 valence electrons. The number of carbonyl (C=O) groups is 1. The van der Waals surface area contributed by atoms with Gasteiger partial charge in [0.05, 0.1) is 31.8 Å². The molecule has 0 fully saturated rings. The Morgan fingerprint density at radius 3 is 2.92 bits per heavy atom. The summed E-state index contributed by atoms with van der Waals surface area (Å²) >= 11 is 0. The van der Waals surface area contributed by atoms with Gasteiger partial charge in [-0.05, 0) is 24.3 Å². The van der Waals surface area contributed by atoms with E-state index in [0.29, 0.717) is 24.5 Å². The highest BCUT2D eigenvalue weighted by Gasteiger charge is 2.16. The Morgan fingerprint density at radius 2 is 2.20 bits per heavy atom. The molecule has 0 aliphatic carbocycles. The predicted molar refractivity (Wildman–Crippen MR) is 88.4 cm³/mol. The van der Waals surface area contributed by atoms with Crippen LogP contribution in [-0.2, 0) is 17.9 Å². The van der Waals surface area contributed by atoms with E-state index in [4.69, 9.17) is 9.68 Å². The maximum absolute atomic E-state index is 12.5. The maximum atomic E-state index is 12.5. The Balaban J connectivity index is 1.68.